The average molecular weight is 250 g/mol. The van der Waals surface area contributed by atoms with Crippen molar-refractivity contribution >= 4 is 5.91 Å². The minimum atomic E-state index is -0.224. The molecule has 1 saturated heterocycles. The molecule has 1 aliphatic rings. The number of piperidine rings is 1. The van der Waals surface area contributed by atoms with Crippen molar-refractivity contribution in [1.82, 2.24) is 10.6 Å². The molecule has 1 fully saturated rings. The monoisotopic (exact) mass is 250 g/mol. The van der Waals surface area contributed by atoms with Crippen LogP contribution in [0.3, 0.4) is 0 Å². The minimum absolute atomic E-state index is 0.00989. The highest BCUT2D eigenvalue weighted by molar-refractivity contribution is 5.81. The van der Waals surface area contributed by atoms with E-state index in [1.165, 1.54) is 6.07 Å². The molecule has 0 saturated carbocycles. The van der Waals surface area contributed by atoms with E-state index in [1.54, 1.807) is 13.0 Å². The number of rotatable bonds is 3. The Kier molecular flexibility index (Phi) is 4.31. The molecule has 1 heterocycles. The van der Waals surface area contributed by atoms with Gasteiger partial charge in [0, 0.05) is 6.54 Å². The highest BCUT2D eigenvalue weighted by Crippen LogP contribution is 2.10. The lowest BCUT2D eigenvalue weighted by molar-refractivity contribution is -0.123. The summed E-state index contributed by atoms with van der Waals surface area (Å²) in [6.07, 6.45) is 3.10. The molecular formula is C14H19FN2O. The van der Waals surface area contributed by atoms with Crippen LogP contribution >= 0.6 is 0 Å². The molecule has 0 radical (unpaired) electrons. The van der Waals surface area contributed by atoms with E-state index < -0.39 is 0 Å². The van der Waals surface area contributed by atoms with Crippen LogP contribution in [-0.4, -0.2) is 18.5 Å². The van der Waals surface area contributed by atoms with Crippen LogP contribution in [-0.2, 0) is 11.3 Å². The summed E-state index contributed by atoms with van der Waals surface area (Å²) in [5, 5.41) is 6.04. The number of halogens is 1. The second kappa shape index (κ2) is 5.96. The molecule has 0 unspecified atom stereocenters. The Morgan fingerprint density at radius 1 is 1.50 bits per heavy atom. The molecule has 4 heteroatoms. The van der Waals surface area contributed by atoms with Crippen LogP contribution in [0.1, 0.15) is 30.4 Å². The molecule has 0 bridgehead atoms. The van der Waals surface area contributed by atoms with Gasteiger partial charge >= 0.3 is 0 Å². The largest absolute Gasteiger partial charge is 0.351 e. The lowest BCUT2D eigenvalue weighted by Gasteiger charge is -2.22. The zero-order chi connectivity index (χ0) is 13.0. The van der Waals surface area contributed by atoms with E-state index in [-0.39, 0.29) is 17.8 Å². The van der Waals surface area contributed by atoms with Gasteiger partial charge in [-0.25, -0.2) is 4.39 Å². The smallest absolute Gasteiger partial charge is 0.237 e. The maximum Gasteiger partial charge on any atom is 0.237 e. The fourth-order valence-corrected chi connectivity index (χ4v) is 2.13. The Bertz CT molecular complexity index is 428. The van der Waals surface area contributed by atoms with Crippen molar-refractivity contribution in [2.24, 2.45) is 0 Å². The number of nitrogens with one attached hydrogen (secondary N) is 2. The molecule has 3 nitrogen and oxygen atoms in total. The number of aryl methyl sites for hydroxylation is 1. The summed E-state index contributed by atoms with van der Waals surface area (Å²) in [4.78, 5) is 11.9. The SMILES string of the molecule is Cc1ccc(CNC(=O)[C@H]2CCCCN2)cc1F. The molecule has 98 valence electrons. The van der Waals surface area contributed by atoms with E-state index in [2.05, 4.69) is 10.6 Å². The van der Waals surface area contributed by atoms with Crippen molar-refractivity contribution in [2.75, 3.05) is 6.54 Å². The molecule has 0 aliphatic carbocycles. The lowest BCUT2D eigenvalue weighted by Crippen LogP contribution is -2.46. The van der Waals surface area contributed by atoms with Gasteiger partial charge in [-0.1, -0.05) is 18.6 Å². The van der Waals surface area contributed by atoms with Crippen molar-refractivity contribution in [3.63, 3.8) is 0 Å². The van der Waals surface area contributed by atoms with Gasteiger partial charge in [0.2, 0.25) is 5.91 Å². The van der Waals surface area contributed by atoms with Gasteiger partial charge in [0.15, 0.2) is 0 Å². The molecule has 18 heavy (non-hydrogen) atoms. The molecule has 1 aliphatic heterocycles. The highest BCUT2D eigenvalue weighted by Gasteiger charge is 2.19. The first kappa shape index (κ1) is 13.0. The summed E-state index contributed by atoms with van der Waals surface area (Å²) < 4.78 is 13.3. The molecule has 0 spiro atoms. The van der Waals surface area contributed by atoms with Crippen LogP contribution in [0.2, 0.25) is 0 Å². The summed E-state index contributed by atoms with van der Waals surface area (Å²) in [5.74, 6) is -0.215. The summed E-state index contributed by atoms with van der Waals surface area (Å²) in [6, 6.07) is 4.96. The van der Waals surface area contributed by atoms with Crippen LogP contribution in [0.15, 0.2) is 18.2 Å². The van der Waals surface area contributed by atoms with Gasteiger partial charge in [0.05, 0.1) is 6.04 Å². The lowest BCUT2D eigenvalue weighted by atomic mass is 10.0. The second-order valence-corrected chi connectivity index (χ2v) is 4.80. The molecule has 2 rings (SSSR count). The highest BCUT2D eigenvalue weighted by atomic mass is 19.1. The zero-order valence-electron chi connectivity index (χ0n) is 10.6. The van der Waals surface area contributed by atoms with E-state index in [0.717, 1.165) is 31.4 Å². The van der Waals surface area contributed by atoms with Crippen molar-refractivity contribution in [2.45, 2.75) is 38.8 Å². The zero-order valence-corrected chi connectivity index (χ0v) is 10.6. The van der Waals surface area contributed by atoms with E-state index >= 15 is 0 Å². The molecule has 0 aromatic heterocycles. The molecule has 1 aromatic carbocycles. The standard InChI is InChI=1S/C14H19FN2O/c1-10-5-6-11(8-12(10)15)9-17-14(18)13-4-2-3-7-16-13/h5-6,8,13,16H,2-4,7,9H2,1H3,(H,17,18)/t13-/m1/s1. The summed E-state index contributed by atoms with van der Waals surface area (Å²) in [5.41, 5.74) is 1.42. The number of amides is 1. The quantitative estimate of drug-likeness (QED) is 0.860. The van der Waals surface area contributed by atoms with E-state index in [4.69, 9.17) is 0 Å². The van der Waals surface area contributed by atoms with Gasteiger partial charge in [-0.3, -0.25) is 4.79 Å². The number of carbonyl (C=O) groups excluding carboxylic acids is 1. The first-order valence-corrected chi connectivity index (χ1v) is 6.43. The topological polar surface area (TPSA) is 41.1 Å². The van der Waals surface area contributed by atoms with E-state index in [9.17, 15) is 9.18 Å². The average Bonchev–Trinajstić information content (AvgIpc) is 2.41. The molecular weight excluding hydrogens is 231 g/mol. The van der Waals surface area contributed by atoms with Gasteiger partial charge in [-0.15, -0.1) is 0 Å². The van der Waals surface area contributed by atoms with Crippen LogP contribution in [0.5, 0.6) is 0 Å². The molecule has 1 amide bonds. The summed E-state index contributed by atoms with van der Waals surface area (Å²) >= 11 is 0. The predicted molar refractivity (Wildman–Crippen MR) is 68.6 cm³/mol. The van der Waals surface area contributed by atoms with Crippen LogP contribution in [0, 0.1) is 12.7 Å². The number of hydrogen-bond acceptors (Lipinski definition) is 2. The summed E-state index contributed by atoms with van der Waals surface area (Å²) in [6.45, 7) is 3.01. The van der Waals surface area contributed by atoms with Gasteiger partial charge in [0.25, 0.3) is 0 Å². The third kappa shape index (κ3) is 3.29. The van der Waals surface area contributed by atoms with Crippen LogP contribution in [0.4, 0.5) is 4.39 Å². The van der Waals surface area contributed by atoms with E-state index in [1.807, 2.05) is 6.07 Å². The molecule has 1 atom stereocenters. The summed E-state index contributed by atoms with van der Waals surface area (Å²) in [7, 11) is 0. The van der Waals surface area contributed by atoms with Gasteiger partial charge < -0.3 is 10.6 Å². The Morgan fingerprint density at radius 3 is 3.00 bits per heavy atom. The van der Waals surface area contributed by atoms with Gasteiger partial charge in [-0.2, -0.15) is 0 Å². The first-order valence-electron chi connectivity index (χ1n) is 6.43. The Morgan fingerprint density at radius 2 is 2.33 bits per heavy atom. The second-order valence-electron chi connectivity index (χ2n) is 4.80. The Balaban J connectivity index is 1.86. The Hall–Kier alpha value is -1.42. The number of carbonyl (C=O) groups is 1. The number of benzene rings is 1. The van der Waals surface area contributed by atoms with E-state index in [0.29, 0.717) is 12.1 Å². The molecule has 1 aromatic rings. The first-order chi connectivity index (χ1) is 8.66. The van der Waals surface area contributed by atoms with Crippen molar-refractivity contribution < 1.29 is 9.18 Å². The fourth-order valence-electron chi connectivity index (χ4n) is 2.13. The van der Waals surface area contributed by atoms with Crippen molar-refractivity contribution in [1.29, 1.82) is 0 Å². The van der Waals surface area contributed by atoms with Gasteiger partial charge in [0.1, 0.15) is 5.82 Å². The van der Waals surface area contributed by atoms with Gasteiger partial charge in [-0.05, 0) is 43.5 Å². The maximum absolute atomic E-state index is 13.3. The van der Waals surface area contributed by atoms with Crippen molar-refractivity contribution in [3.8, 4) is 0 Å². The third-order valence-corrected chi connectivity index (χ3v) is 3.33. The maximum atomic E-state index is 13.3. The third-order valence-electron chi connectivity index (χ3n) is 3.33. The predicted octanol–water partition coefficient (Wildman–Crippen LogP) is 1.89. The fraction of sp³-hybridized carbons (Fsp3) is 0.500. The van der Waals surface area contributed by atoms with Crippen LogP contribution < -0.4 is 10.6 Å². The van der Waals surface area contributed by atoms with Crippen molar-refractivity contribution in [3.05, 3.63) is 35.1 Å². The minimum Gasteiger partial charge on any atom is -0.351 e. The van der Waals surface area contributed by atoms with Crippen LogP contribution in [0.25, 0.3) is 0 Å². The Labute approximate surface area is 107 Å². The molecule has 2 N–H and O–H groups in total. The normalized spacial score (nSPS) is 19.6. The number of hydrogen-bond donors (Lipinski definition) is 2.